The number of nitrogen functional groups attached to an aromatic ring is 1. The second kappa shape index (κ2) is 3.11. The number of benzene rings is 2. The van der Waals surface area contributed by atoms with Crippen LogP contribution < -0.4 is 11.2 Å². The van der Waals surface area contributed by atoms with Crippen molar-refractivity contribution in [1.82, 2.24) is 0 Å². The third kappa shape index (κ3) is 1.27. The fourth-order valence-corrected chi connectivity index (χ4v) is 1.46. The molecular formula is C10H9BNO. The van der Waals surface area contributed by atoms with Crippen LogP contribution in [0.4, 0.5) is 5.69 Å². The molecule has 3 N–H and O–H groups in total. The summed E-state index contributed by atoms with van der Waals surface area (Å²) in [6, 6.07) is 11.5. The Morgan fingerprint density at radius 3 is 2.62 bits per heavy atom. The zero-order chi connectivity index (χ0) is 9.26. The average molecular weight is 170 g/mol. The summed E-state index contributed by atoms with van der Waals surface area (Å²) in [6.45, 7) is 0. The summed E-state index contributed by atoms with van der Waals surface area (Å²) in [5.41, 5.74) is 7.00. The number of fused-ring (bicyclic) bond motifs is 1. The van der Waals surface area contributed by atoms with E-state index in [9.17, 15) is 0 Å². The van der Waals surface area contributed by atoms with Gasteiger partial charge in [0.2, 0.25) is 0 Å². The standard InChI is InChI=1S/C10H9BNO/c12-9-6-5-7-3-1-2-4-8(7)10(9)11-13/h1-6,13H,12H2. The van der Waals surface area contributed by atoms with E-state index in [0.717, 1.165) is 18.3 Å². The van der Waals surface area contributed by atoms with Crippen LogP contribution in [0.1, 0.15) is 0 Å². The number of rotatable bonds is 1. The number of anilines is 1. The van der Waals surface area contributed by atoms with Gasteiger partial charge in [-0.05, 0) is 22.3 Å². The van der Waals surface area contributed by atoms with E-state index in [1.807, 2.05) is 30.3 Å². The van der Waals surface area contributed by atoms with E-state index in [1.54, 1.807) is 6.07 Å². The molecule has 13 heavy (non-hydrogen) atoms. The number of nitrogens with two attached hydrogens (primary N) is 1. The van der Waals surface area contributed by atoms with E-state index in [4.69, 9.17) is 10.8 Å². The quantitative estimate of drug-likeness (QED) is 0.487. The largest absolute Gasteiger partial charge is 0.450 e. The van der Waals surface area contributed by atoms with Crippen LogP contribution in [0, 0.1) is 0 Å². The van der Waals surface area contributed by atoms with Crippen LogP contribution in [0.2, 0.25) is 0 Å². The smallest absolute Gasteiger partial charge is 0.329 e. The van der Waals surface area contributed by atoms with E-state index < -0.39 is 0 Å². The first-order chi connectivity index (χ1) is 6.33. The van der Waals surface area contributed by atoms with E-state index in [-0.39, 0.29) is 0 Å². The minimum Gasteiger partial charge on any atom is -0.450 e. The Labute approximate surface area is 77.3 Å². The highest BCUT2D eigenvalue weighted by Crippen LogP contribution is 2.13. The summed E-state index contributed by atoms with van der Waals surface area (Å²) < 4.78 is 0. The van der Waals surface area contributed by atoms with Gasteiger partial charge in [0.25, 0.3) is 0 Å². The molecule has 63 valence electrons. The lowest BCUT2D eigenvalue weighted by Crippen LogP contribution is -2.19. The maximum atomic E-state index is 9.01. The molecule has 0 amide bonds. The van der Waals surface area contributed by atoms with Gasteiger partial charge < -0.3 is 10.8 Å². The minimum absolute atomic E-state index is 0.598. The normalized spacial score (nSPS) is 10.2. The second-order valence-corrected chi connectivity index (χ2v) is 2.92. The molecule has 0 bridgehead atoms. The van der Waals surface area contributed by atoms with Crippen LogP contribution in [0.3, 0.4) is 0 Å². The van der Waals surface area contributed by atoms with Crippen molar-refractivity contribution >= 4 is 29.4 Å². The molecule has 0 heterocycles. The first-order valence-corrected chi connectivity index (χ1v) is 4.07. The Morgan fingerprint density at radius 2 is 1.85 bits per heavy atom. The highest BCUT2D eigenvalue weighted by Gasteiger charge is 2.04. The van der Waals surface area contributed by atoms with E-state index in [0.29, 0.717) is 11.2 Å². The molecule has 0 aromatic heterocycles. The van der Waals surface area contributed by atoms with Gasteiger partial charge in [-0.3, -0.25) is 0 Å². The maximum absolute atomic E-state index is 9.01. The van der Waals surface area contributed by atoms with Gasteiger partial charge in [0, 0.05) is 5.69 Å². The van der Waals surface area contributed by atoms with Crippen molar-refractivity contribution < 1.29 is 5.02 Å². The van der Waals surface area contributed by atoms with E-state index >= 15 is 0 Å². The predicted molar refractivity (Wildman–Crippen MR) is 56.0 cm³/mol. The Hall–Kier alpha value is -1.48. The van der Waals surface area contributed by atoms with Gasteiger partial charge in [-0.2, -0.15) is 0 Å². The molecule has 0 aliphatic heterocycles. The lowest BCUT2D eigenvalue weighted by atomic mass is 9.83. The van der Waals surface area contributed by atoms with Crippen molar-refractivity contribution in [3.8, 4) is 0 Å². The lowest BCUT2D eigenvalue weighted by molar-refractivity contribution is 0.616. The topological polar surface area (TPSA) is 46.2 Å². The van der Waals surface area contributed by atoms with Gasteiger partial charge >= 0.3 is 7.48 Å². The second-order valence-electron chi connectivity index (χ2n) is 2.92. The first kappa shape index (κ1) is 8.14. The molecule has 3 heteroatoms. The summed E-state index contributed by atoms with van der Waals surface area (Å²) in [5, 5.41) is 11.1. The van der Waals surface area contributed by atoms with Crippen molar-refractivity contribution in [2.45, 2.75) is 0 Å². The molecule has 0 aliphatic carbocycles. The van der Waals surface area contributed by atoms with Crippen molar-refractivity contribution in [3.05, 3.63) is 36.4 Å². The third-order valence-electron chi connectivity index (χ3n) is 2.13. The van der Waals surface area contributed by atoms with E-state index in [1.165, 1.54) is 0 Å². The van der Waals surface area contributed by atoms with Gasteiger partial charge in [0.15, 0.2) is 0 Å². The number of hydrogen-bond donors (Lipinski definition) is 2. The fourth-order valence-electron chi connectivity index (χ4n) is 1.46. The van der Waals surface area contributed by atoms with Gasteiger partial charge in [0.05, 0.1) is 0 Å². The zero-order valence-corrected chi connectivity index (χ0v) is 7.07. The average Bonchev–Trinajstić information content (AvgIpc) is 2.18. The monoisotopic (exact) mass is 170 g/mol. The first-order valence-electron chi connectivity index (χ1n) is 4.07. The molecule has 1 radical (unpaired) electrons. The van der Waals surface area contributed by atoms with Crippen LogP contribution >= 0.6 is 0 Å². The Kier molecular flexibility index (Phi) is 1.95. The van der Waals surface area contributed by atoms with Crippen molar-refractivity contribution in [1.29, 1.82) is 0 Å². The van der Waals surface area contributed by atoms with Crippen LogP contribution in [-0.4, -0.2) is 12.5 Å². The van der Waals surface area contributed by atoms with Crippen LogP contribution in [0.15, 0.2) is 36.4 Å². The summed E-state index contributed by atoms with van der Waals surface area (Å²) in [6.07, 6.45) is 0. The van der Waals surface area contributed by atoms with Crippen LogP contribution in [-0.2, 0) is 0 Å². The molecule has 2 rings (SSSR count). The molecule has 2 aromatic rings. The highest BCUT2D eigenvalue weighted by molar-refractivity contribution is 6.52. The van der Waals surface area contributed by atoms with Crippen molar-refractivity contribution in [3.63, 3.8) is 0 Å². The number of hydrogen-bond acceptors (Lipinski definition) is 2. The van der Waals surface area contributed by atoms with Crippen molar-refractivity contribution in [2.24, 2.45) is 0 Å². The summed E-state index contributed by atoms with van der Waals surface area (Å²) >= 11 is 0. The zero-order valence-electron chi connectivity index (χ0n) is 7.07. The molecule has 0 saturated heterocycles. The molecule has 0 atom stereocenters. The Bertz CT molecular complexity index is 442. The van der Waals surface area contributed by atoms with Gasteiger partial charge in [-0.15, -0.1) is 0 Å². The molecule has 0 spiro atoms. The molecule has 0 aliphatic rings. The van der Waals surface area contributed by atoms with Gasteiger partial charge in [-0.25, -0.2) is 0 Å². The Balaban J connectivity index is 2.84. The summed E-state index contributed by atoms with van der Waals surface area (Å²) in [4.78, 5) is 0. The summed E-state index contributed by atoms with van der Waals surface area (Å²) in [7, 11) is 1.05. The van der Waals surface area contributed by atoms with Crippen LogP contribution in [0.5, 0.6) is 0 Å². The lowest BCUT2D eigenvalue weighted by Gasteiger charge is -2.05. The third-order valence-corrected chi connectivity index (χ3v) is 2.13. The van der Waals surface area contributed by atoms with E-state index in [2.05, 4.69) is 0 Å². The summed E-state index contributed by atoms with van der Waals surface area (Å²) in [5.74, 6) is 0. The minimum atomic E-state index is 0.598. The molecule has 0 unspecified atom stereocenters. The molecular weight excluding hydrogens is 161 g/mol. The molecule has 2 aromatic carbocycles. The van der Waals surface area contributed by atoms with Gasteiger partial charge in [0.1, 0.15) is 0 Å². The Morgan fingerprint density at radius 1 is 1.08 bits per heavy atom. The molecule has 0 fully saturated rings. The fraction of sp³-hybridized carbons (Fsp3) is 0. The van der Waals surface area contributed by atoms with Crippen LogP contribution in [0.25, 0.3) is 10.8 Å². The molecule has 2 nitrogen and oxygen atoms in total. The van der Waals surface area contributed by atoms with Gasteiger partial charge in [-0.1, -0.05) is 30.3 Å². The highest BCUT2D eigenvalue weighted by atomic mass is 16.2. The SMILES string of the molecule is Nc1ccc2ccccc2c1[B]O. The van der Waals surface area contributed by atoms with Crippen molar-refractivity contribution in [2.75, 3.05) is 5.73 Å². The molecule has 0 saturated carbocycles. The predicted octanol–water partition coefficient (Wildman–Crippen LogP) is 0.659. The maximum Gasteiger partial charge on any atom is 0.329 e.